The molecule has 3 rings (SSSR count). The van der Waals surface area contributed by atoms with Gasteiger partial charge in [0, 0.05) is 19.3 Å². The van der Waals surface area contributed by atoms with E-state index in [0.717, 1.165) is 9.87 Å². The average Bonchev–Trinajstić information content (AvgIpc) is 2.72. The Morgan fingerprint density at radius 1 is 0.806 bits per heavy atom. The van der Waals surface area contributed by atoms with Crippen molar-refractivity contribution in [2.45, 2.75) is 16.3 Å². The summed E-state index contributed by atoms with van der Waals surface area (Å²) in [5, 5.41) is 0. The molecule has 0 fully saturated rings. The molecule has 31 heavy (non-hydrogen) atoms. The zero-order valence-corrected chi connectivity index (χ0v) is 17.7. The minimum Gasteiger partial charge on any atom is -0.280 e. The van der Waals surface area contributed by atoms with E-state index in [9.17, 15) is 30.0 Å². The molecule has 0 saturated carbocycles. The van der Waals surface area contributed by atoms with Gasteiger partial charge in [-0.2, -0.15) is 4.31 Å². The smallest absolute Gasteiger partial charge is 0.264 e. The molecule has 3 aromatic rings. The van der Waals surface area contributed by atoms with Crippen LogP contribution in [0.1, 0.15) is 5.56 Å². The van der Waals surface area contributed by atoms with E-state index in [-0.39, 0.29) is 17.1 Å². The Kier molecular flexibility index (Phi) is 6.39. The standard InChI is InChI=1S/C20H17F3N2O4S2/c1-25(13-14-5-3-2-4-6-14)31(28,29)16-9-7-15(8-10-16)24-30(26,27)18-12-11-17(21)19(22)20(18)23/h2-12,24H,13H2,1H3. The molecule has 0 aliphatic carbocycles. The van der Waals surface area contributed by atoms with Gasteiger partial charge in [0.2, 0.25) is 10.0 Å². The van der Waals surface area contributed by atoms with Crippen molar-refractivity contribution in [3.8, 4) is 0 Å². The maximum atomic E-state index is 13.8. The van der Waals surface area contributed by atoms with Gasteiger partial charge in [0.05, 0.1) is 4.90 Å². The Labute approximate surface area is 178 Å². The van der Waals surface area contributed by atoms with Crippen LogP contribution in [0.2, 0.25) is 0 Å². The fraction of sp³-hybridized carbons (Fsp3) is 0.100. The minimum absolute atomic E-state index is 0.0891. The fourth-order valence-electron chi connectivity index (χ4n) is 2.73. The summed E-state index contributed by atoms with van der Waals surface area (Å²) in [6, 6.07) is 14.7. The molecule has 11 heteroatoms. The van der Waals surface area contributed by atoms with E-state index in [1.165, 1.54) is 31.3 Å². The molecular formula is C20H17F3N2O4S2. The van der Waals surface area contributed by atoms with Gasteiger partial charge in [-0.15, -0.1) is 0 Å². The van der Waals surface area contributed by atoms with Crippen LogP contribution in [-0.2, 0) is 26.6 Å². The van der Waals surface area contributed by atoms with E-state index in [0.29, 0.717) is 12.1 Å². The highest BCUT2D eigenvalue weighted by Crippen LogP contribution is 2.24. The lowest BCUT2D eigenvalue weighted by Gasteiger charge is -2.17. The number of anilines is 1. The highest BCUT2D eigenvalue weighted by molar-refractivity contribution is 7.92. The maximum absolute atomic E-state index is 13.8. The zero-order valence-electron chi connectivity index (χ0n) is 16.1. The van der Waals surface area contributed by atoms with Gasteiger partial charge in [-0.05, 0) is 42.0 Å². The van der Waals surface area contributed by atoms with Gasteiger partial charge in [0.1, 0.15) is 4.90 Å². The third kappa shape index (κ3) is 4.89. The van der Waals surface area contributed by atoms with Crippen LogP contribution in [0.15, 0.2) is 76.5 Å². The molecule has 0 saturated heterocycles. The summed E-state index contributed by atoms with van der Waals surface area (Å²) >= 11 is 0. The molecule has 1 N–H and O–H groups in total. The zero-order chi connectivity index (χ0) is 22.8. The SMILES string of the molecule is CN(Cc1ccccc1)S(=O)(=O)c1ccc(NS(=O)(=O)c2ccc(F)c(F)c2F)cc1. The Morgan fingerprint density at radius 2 is 1.42 bits per heavy atom. The number of halogens is 3. The van der Waals surface area contributed by atoms with Crippen LogP contribution in [-0.4, -0.2) is 28.2 Å². The second-order valence-electron chi connectivity index (χ2n) is 6.55. The minimum atomic E-state index is -4.58. The van der Waals surface area contributed by atoms with Crippen molar-refractivity contribution in [1.82, 2.24) is 4.31 Å². The summed E-state index contributed by atoms with van der Waals surface area (Å²) in [6.45, 7) is 0.132. The van der Waals surface area contributed by atoms with Crippen LogP contribution < -0.4 is 4.72 Å². The quantitative estimate of drug-likeness (QED) is 0.534. The molecule has 164 valence electrons. The van der Waals surface area contributed by atoms with Crippen molar-refractivity contribution in [2.75, 3.05) is 11.8 Å². The summed E-state index contributed by atoms with van der Waals surface area (Å²) in [5.74, 6) is -5.29. The van der Waals surface area contributed by atoms with Crippen LogP contribution in [0.4, 0.5) is 18.9 Å². The molecule has 0 unspecified atom stereocenters. The number of nitrogens with zero attached hydrogens (tertiary/aromatic N) is 1. The van der Waals surface area contributed by atoms with Crippen LogP contribution >= 0.6 is 0 Å². The molecule has 0 bridgehead atoms. The van der Waals surface area contributed by atoms with Crippen LogP contribution in [0.5, 0.6) is 0 Å². The van der Waals surface area contributed by atoms with Crippen LogP contribution in [0, 0.1) is 17.5 Å². The second-order valence-corrected chi connectivity index (χ2v) is 10.2. The van der Waals surface area contributed by atoms with E-state index in [4.69, 9.17) is 0 Å². The number of rotatable bonds is 7. The normalized spacial score (nSPS) is 12.2. The van der Waals surface area contributed by atoms with Crippen LogP contribution in [0.3, 0.4) is 0 Å². The van der Waals surface area contributed by atoms with Gasteiger partial charge in [-0.25, -0.2) is 30.0 Å². The fourth-order valence-corrected chi connectivity index (χ4v) is 5.01. The molecular weight excluding hydrogens is 453 g/mol. The summed E-state index contributed by atoms with van der Waals surface area (Å²) in [7, 11) is -7.03. The predicted octanol–water partition coefficient (Wildman–Crippen LogP) is 3.73. The van der Waals surface area contributed by atoms with Crippen molar-refractivity contribution in [2.24, 2.45) is 0 Å². The van der Waals surface area contributed by atoms with E-state index in [2.05, 4.69) is 0 Å². The second kappa shape index (κ2) is 8.69. The highest BCUT2D eigenvalue weighted by atomic mass is 32.2. The summed E-state index contributed by atoms with van der Waals surface area (Å²) in [6.07, 6.45) is 0. The van der Waals surface area contributed by atoms with Gasteiger partial charge in [-0.1, -0.05) is 30.3 Å². The third-order valence-corrected chi connectivity index (χ3v) is 7.57. The van der Waals surface area contributed by atoms with Gasteiger partial charge in [0.15, 0.2) is 17.5 Å². The molecule has 6 nitrogen and oxygen atoms in total. The van der Waals surface area contributed by atoms with Crippen LogP contribution in [0.25, 0.3) is 0 Å². The molecule has 3 aromatic carbocycles. The third-order valence-electron chi connectivity index (χ3n) is 4.35. The van der Waals surface area contributed by atoms with Crippen molar-refractivity contribution >= 4 is 25.7 Å². The Balaban J connectivity index is 1.80. The summed E-state index contributed by atoms with van der Waals surface area (Å²) in [4.78, 5) is -1.17. The molecule has 0 atom stereocenters. The lowest BCUT2D eigenvalue weighted by Crippen LogP contribution is -2.26. The van der Waals surface area contributed by atoms with E-state index in [1.807, 2.05) is 10.8 Å². The number of hydrogen-bond donors (Lipinski definition) is 1. The molecule has 0 heterocycles. The van der Waals surface area contributed by atoms with E-state index < -0.39 is 42.4 Å². The number of hydrogen-bond acceptors (Lipinski definition) is 4. The van der Waals surface area contributed by atoms with Crippen molar-refractivity contribution < 1.29 is 30.0 Å². The molecule has 0 aromatic heterocycles. The monoisotopic (exact) mass is 470 g/mol. The van der Waals surface area contributed by atoms with Crippen molar-refractivity contribution in [3.05, 3.63) is 89.7 Å². The molecule has 0 radical (unpaired) electrons. The van der Waals surface area contributed by atoms with E-state index >= 15 is 0 Å². The van der Waals surface area contributed by atoms with Gasteiger partial charge >= 0.3 is 0 Å². The summed E-state index contributed by atoms with van der Waals surface area (Å²) in [5.41, 5.74) is 0.695. The summed E-state index contributed by atoms with van der Waals surface area (Å²) < 4.78 is 93.5. The first-order chi connectivity index (χ1) is 14.5. The Morgan fingerprint density at radius 3 is 2.03 bits per heavy atom. The lowest BCUT2D eigenvalue weighted by molar-refractivity contribution is 0.432. The molecule has 0 aliphatic heterocycles. The first-order valence-corrected chi connectivity index (χ1v) is 11.7. The lowest BCUT2D eigenvalue weighted by atomic mass is 10.2. The molecule has 0 amide bonds. The number of sulfonamides is 2. The van der Waals surface area contributed by atoms with Crippen molar-refractivity contribution in [1.29, 1.82) is 0 Å². The van der Waals surface area contributed by atoms with Gasteiger partial charge in [0.25, 0.3) is 10.0 Å². The Bertz CT molecular complexity index is 1300. The molecule has 0 spiro atoms. The van der Waals surface area contributed by atoms with Gasteiger partial charge < -0.3 is 0 Å². The van der Waals surface area contributed by atoms with Gasteiger partial charge in [-0.3, -0.25) is 4.72 Å². The first kappa shape index (κ1) is 22.8. The topological polar surface area (TPSA) is 83.6 Å². The Hall–Kier alpha value is -2.89. The average molecular weight is 470 g/mol. The maximum Gasteiger partial charge on any atom is 0.264 e. The predicted molar refractivity (Wildman–Crippen MR) is 109 cm³/mol. The first-order valence-electron chi connectivity index (χ1n) is 8.79. The highest BCUT2D eigenvalue weighted by Gasteiger charge is 2.25. The van der Waals surface area contributed by atoms with E-state index in [1.54, 1.807) is 24.3 Å². The number of benzene rings is 3. The largest absolute Gasteiger partial charge is 0.280 e. The van der Waals surface area contributed by atoms with Crippen molar-refractivity contribution in [3.63, 3.8) is 0 Å². The number of nitrogens with one attached hydrogen (secondary N) is 1. The molecule has 0 aliphatic rings.